The Morgan fingerprint density at radius 3 is 2.38 bits per heavy atom. The molecule has 5 aromatic rings. The van der Waals surface area contributed by atoms with Gasteiger partial charge in [0.25, 0.3) is 5.91 Å². The number of hydrogen-bond donors (Lipinski definition) is 1. The number of aromatic nitrogens is 4. The fourth-order valence-corrected chi connectivity index (χ4v) is 4.27. The Morgan fingerprint density at radius 2 is 1.65 bits per heavy atom. The molecule has 0 spiro atoms. The number of benzene rings is 2. The van der Waals surface area contributed by atoms with Gasteiger partial charge in [0.2, 0.25) is 0 Å². The van der Waals surface area contributed by atoms with Crippen molar-refractivity contribution in [2.75, 3.05) is 5.32 Å². The van der Waals surface area contributed by atoms with Crippen molar-refractivity contribution in [1.82, 2.24) is 19.3 Å². The second-order valence-corrected chi connectivity index (χ2v) is 8.75. The molecule has 0 saturated heterocycles. The minimum atomic E-state index is -0.118. The highest BCUT2D eigenvalue weighted by atomic mass is 16.1. The highest BCUT2D eigenvalue weighted by Gasteiger charge is 2.16. The average Bonchev–Trinajstić information content (AvgIpc) is 3.46. The van der Waals surface area contributed by atoms with Crippen LogP contribution in [0.2, 0.25) is 0 Å². The second-order valence-electron chi connectivity index (χ2n) is 8.75. The Labute approximate surface area is 198 Å². The van der Waals surface area contributed by atoms with Gasteiger partial charge in [-0.2, -0.15) is 5.10 Å². The zero-order valence-electron chi connectivity index (χ0n) is 19.8. The monoisotopic (exact) mass is 449 g/mol. The minimum Gasteiger partial charge on any atom is -0.322 e. The molecule has 6 nitrogen and oxygen atoms in total. The first kappa shape index (κ1) is 21.6. The van der Waals surface area contributed by atoms with Crippen molar-refractivity contribution in [2.45, 2.75) is 34.2 Å². The van der Waals surface area contributed by atoms with Gasteiger partial charge >= 0.3 is 0 Å². The van der Waals surface area contributed by atoms with Gasteiger partial charge in [-0.3, -0.25) is 4.79 Å². The lowest BCUT2D eigenvalue weighted by Gasteiger charge is -2.11. The summed E-state index contributed by atoms with van der Waals surface area (Å²) in [5, 5.41) is 8.97. The molecule has 0 atom stereocenters. The summed E-state index contributed by atoms with van der Waals surface area (Å²) in [6.07, 6.45) is 3.99. The lowest BCUT2D eigenvalue weighted by molar-refractivity contribution is 0.102. The van der Waals surface area contributed by atoms with Crippen LogP contribution in [0, 0.1) is 27.7 Å². The molecule has 5 rings (SSSR count). The van der Waals surface area contributed by atoms with Gasteiger partial charge in [-0.1, -0.05) is 24.3 Å². The number of carbonyl (C=O) groups excluding carboxylic acids is 1. The molecule has 0 fully saturated rings. The van der Waals surface area contributed by atoms with Gasteiger partial charge in [-0.05, 0) is 86.3 Å². The molecular formula is C28H27N5O. The summed E-state index contributed by atoms with van der Waals surface area (Å²) < 4.78 is 3.96. The van der Waals surface area contributed by atoms with Crippen molar-refractivity contribution in [1.29, 1.82) is 0 Å². The standard InChI is InChI=1S/C28H27N5O/c1-18-8-7-9-24(21(18)4)30-28(34)23-12-10-22(11-13-23)17-33-26-25(19(2)16-20(3)29-26)27(31-33)32-14-5-6-15-32/h5-16H,17H2,1-4H3,(H,30,34). The largest absolute Gasteiger partial charge is 0.322 e. The van der Waals surface area contributed by atoms with Crippen molar-refractivity contribution >= 4 is 22.6 Å². The van der Waals surface area contributed by atoms with Gasteiger partial charge in [-0.25, -0.2) is 9.67 Å². The van der Waals surface area contributed by atoms with Crippen LogP contribution in [0.3, 0.4) is 0 Å². The third kappa shape index (κ3) is 3.99. The van der Waals surface area contributed by atoms with Crippen LogP contribution < -0.4 is 5.32 Å². The molecule has 0 saturated carbocycles. The van der Waals surface area contributed by atoms with E-state index in [1.807, 2.05) is 97.0 Å². The molecule has 3 aromatic heterocycles. The predicted octanol–water partition coefficient (Wildman–Crippen LogP) is 5.76. The Bertz CT molecular complexity index is 1490. The number of nitrogens with one attached hydrogen (secondary N) is 1. The number of rotatable bonds is 5. The van der Waals surface area contributed by atoms with Crippen molar-refractivity contribution in [3.8, 4) is 5.82 Å². The fourth-order valence-electron chi connectivity index (χ4n) is 4.27. The van der Waals surface area contributed by atoms with Gasteiger partial charge in [0, 0.05) is 29.3 Å². The number of fused-ring (bicyclic) bond motifs is 1. The molecule has 3 heterocycles. The number of amides is 1. The smallest absolute Gasteiger partial charge is 0.255 e. The van der Waals surface area contributed by atoms with Crippen molar-refractivity contribution < 1.29 is 4.79 Å². The summed E-state index contributed by atoms with van der Waals surface area (Å²) in [6.45, 7) is 8.72. The Balaban J connectivity index is 1.43. The van der Waals surface area contributed by atoms with Gasteiger partial charge in [-0.15, -0.1) is 0 Å². The molecule has 0 radical (unpaired) electrons. The normalized spacial score (nSPS) is 11.2. The van der Waals surface area contributed by atoms with Crippen LogP contribution in [0.5, 0.6) is 0 Å². The molecule has 0 aliphatic rings. The maximum Gasteiger partial charge on any atom is 0.255 e. The lowest BCUT2D eigenvalue weighted by Crippen LogP contribution is -2.13. The predicted molar refractivity (Wildman–Crippen MR) is 136 cm³/mol. The molecule has 34 heavy (non-hydrogen) atoms. The molecular weight excluding hydrogens is 422 g/mol. The summed E-state index contributed by atoms with van der Waals surface area (Å²) in [5.74, 6) is 0.752. The molecule has 0 aliphatic heterocycles. The summed E-state index contributed by atoms with van der Waals surface area (Å²) in [7, 11) is 0. The molecule has 0 aliphatic carbocycles. The molecule has 1 amide bonds. The highest BCUT2D eigenvalue weighted by molar-refractivity contribution is 6.04. The number of nitrogens with zero attached hydrogens (tertiary/aromatic N) is 4. The van der Waals surface area contributed by atoms with E-state index in [9.17, 15) is 4.79 Å². The number of pyridine rings is 1. The number of carbonyl (C=O) groups is 1. The maximum absolute atomic E-state index is 12.8. The van der Waals surface area contributed by atoms with E-state index in [1.54, 1.807) is 0 Å². The first-order chi connectivity index (χ1) is 16.4. The van der Waals surface area contributed by atoms with E-state index in [1.165, 1.54) is 0 Å². The van der Waals surface area contributed by atoms with E-state index in [0.717, 1.165) is 50.5 Å². The SMILES string of the molecule is Cc1cc(C)c2c(-n3cccc3)nn(Cc3ccc(C(=O)Nc4cccc(C)c4C)cc3)c2n1. The van der Waals surface area contributed by atoms with E-state index < -0.39 is 0 Å². The summed E-state index contributed by atoms with van der Waals surface area (Å²) in [6, 6.07) is 19.7. The molecule has 0 unspecified atom stereocenters. The quantitative estimate of drug-likeness (QED) is 0.371. The van der Waals surface area contributed by atoms with E-state index >= 15 is 0 Å². The fraction of sp³-hybridized carbons (Fsp3) is 0.179. The number of hydrogen-bond acceptors (Lipinski definition) is 3. The van der Waals surface area contributed by atoms with Gasteiger partial charge < -0.3 is 9.88 Å². The van der Waals surface area contributed by atoms with Crippen molar-refractivity contribution in [2.24, 2.45) is 0 Å². The summed E-state index contributed by atoms with van der Waals surface area (Å²) in [4.78, 5) is 17.6. The van der Waals surface area contributed by atoms with Crippen LogP contribution in [-0.4, -0.2) is 25.2 Å². The topological polar surface area (TPSA) is 64.7 Å². The van der Waals surface area contributed by atoms with Gasteiger partial charge in [0.05, 0.1) is 11.9 Å². The Hall–Kier alpha value is -4.19. The molecule has 2 aromatic carbocycles. The van der Waals surface area contributed by atoms with Crippen LogP contribution in [-0.2, 0) is 6.54 Å². The van der Waals surface area contributed by atoms with Gasteiger partial charge in [0.15, 0.2) is 11.5 Å². The first-order valence-corrected chi connectivity index (χ1v) is 11.4. The van der Waals surface area contributed by atoms with E-state index in [-0.39, 0.29) is 5.91 Å². The summed E-state index contributed by atoms with van der Waals surface area (Å²) >= 11 is 0. The number of aryl methyl sites for hydroxylation is 3. The van der Waals surface area contributed by atoms with Crippen molar-refractivity contribution in [3.05, 3.63) is 107 Å². The Kier molecular flexibility index (Phi) is 5.49. The molecule has 0 bridgehead atoms. The van der Waals surface area contributed by atoms with Crippen molar-refractivity contribution in [3.63, 3.8) is 0 Å². The minimum absolute atomic E-state index is 0.118. The Morgan fingerprint density at radius 1 is 0.912 bits per heavy atom. The lowest BCUT2D eigenvalue weighted by atomic mass is 10.1. The van der Waals surface area contributed by atoms with Crippen LogP contribution in [0.4, 0.5) is 5.69 Å². The van der Waals surface area contributed by atoms with Crippen LogP contribution in [0.15, 0.2) is 73.1 Å². The second kappa shape index (κ2) is 8.63. The number of anilines is 1. The maximum atomic E-state index is 12.8. The van der Waals surface area contributed by atoms with E-state index in [4.69, 9.17) is 10.1 Å². The zero-order valence-corrected chi connectivity index (χ0v) is 19.8. The molecule has 170 valence electrons. The third-order valence-corrected chi connectivity index (χ3v) is 6.26. The molecule has 1 N–H and O–H groups in total. The van der Waals surface area contributed by atoms with E-state index in [2.05, 4.69) is 18.3 Å². The third-order valence-electron chi connectivity index (χ3n) is 6.26. The zero-order chi connectivity index (χ0) is 23.8. The first-order valence-electron chi connectivity index (χ1n) is 11.4. The average molecular weight is 450 g/mol. The molecule has 6 heteroatoms. The summed E-state index contributed by atoms with van der Waals surface area (Å²) in [5.41, 5.74) is 7.71. The van der Waals surface area contributed by atoms with E-state index in [0.29, 0.717) is 12.1 Å². The van der Waals surface area contributed by atoms with Crippen LogP contribution >= 0.6 is 0 Å². The van der Waals surface area contributed by atoms with Crippen LogP contribution in [0.1, 0.15) is 38.3 Å². The highest BCUT2D eigenvalue weighted by Crippen LogP contribution is 2.26. The van der Waals surface area contributed by atoms with Gasteiger partial charge in [0.1, 0.15) is 0 Å². The van der Waals surface area contributed by atoms with Crippen LogP contribution in [0.25, 0.3) is 16.9 Å².